The number of carbonyl (C=O) groups is 1. The molecule has 1 aliphatic heterocycles. The van der Waals surface area contributed by atoms with Crippen LogP contribution in [0.15, 0.2) is 76.3 Å². The van der Waals surface area contributed by atoms with Crippen molar-refractivity contribution in [2.45, 2.75) is 12.6 Å². The maximum Gasteiger partial charge on any atom is 0.317 e. The van der Waals surface area contributed by atoms with Gasteiger partial charge in [-0.15, -0.1) is 5.10 Å². The lowest BCUT2D eigenvalue weighted by molar-refractivity contribution is -0.119. The highest BCUT2D eigenvalue weighted by molar-refractivity contribution is 7.09. The molecular weight excluding hydrogens is 386 g/mol. The van der Waals surface area contributed by atoms with Crippen LogP contribution in [0.4, 0.5) is 6.01 Å². The quantitative estimate of drug-likeness (QED) is 0.562. The van der Waals surface area contributed by atoms with E-state index in [4.69, 9.17) is 9.41 Å². The normalized spacial score (nSPS) is 16.1. The molecular formula is C21H15N5O2S. The smallest absolute Gasteiger partial charge is 0.317 e. The van der Waals surface area contributed by atoms with E-state index in [0.717, 1.165) is 27.3 Å². The van der Waals surface area contributed by atoms with Crippen LogP contribution in [0.5, 0.6) is 0 Å². The number of hydrogen-bond acceptors (Lipinski definition) is 8. The standard InChI is InChI=1S/C21H15N5O2S/c27-16-12-14-8-4-5-9-15(14)18(13-6-2-1-3-7-13)23-19(16)24-21-26-25-20(28-21)17-10-11-22-29-17/h1-11,19H,12H2,(H,24,26). The zero-order chi connectivity index (χ0) is 19.6. The molecule has 8 heteroatoms. The molecule has 0 amide bonds. The van der Waals surface area contributed by atoms with E-state index in [1.807, 2.05) is 54.6 Å². The highest BCUT2D eigenvalue weighted by Crippen LogP contribution is 2.25. The predicted octanol–water partition coefficient (Wildman–Crippen LogP) is 3.59. The second-order valence-corrected chi connectivity index (χ2v) is 7.31. The Bertz CT molecular complexity index is 1180. The fraction of sp³-hybridized carbons (Fsp3) is 0.0952. The Morgan fingerprint density at radius 3 is 2.66 bits per heavy atom. The second kappa shape index (κ2) is 7.40. The van der Waals surface area contributed by atoms with Gasteiger partial charge >= 0.3 is 6.01 Å². The van der Waals surface area contributed by atoms with Crippen LogP contribution in [0.1, 0.15) is 16.7 Å². The maximum atomic E-state index is 12.9. The molecule has 2 aromatic heterocycles. The molecule has 4 aromatic rings. The van der Waals surface area contributed by atoms with Crippen molar-refractivity contribution in [3.05, 3.63) is 83.6 Å². The lowest BCUT2D eigenvalue weighted by Gasteiger charge is -2.11. The summed E-state index contributed by atoms with van der Waals surface area (Å²) in [5.41, 5.74) is 3.59. The first-order chi connectivity index (χ1) is 14.3. The van der Waals surface area contributed by atoms with Gasteiger partial charge < -0.3 is 9.73 Å². The lowest BCUT2D eigenvalue weighted by atomic mass is 9.96. The van der Waals surface area contributed by atoms with Crippen molar-refractivity contribution in [2.75, 3.05) is 5.32 Å². The number of carbonyl (C=O) groups excluding carboxylic acids is 1. The van der Waals surface area contributed by atoms with Crippen molar-refractivity contribution < 1.29 is 9.21 Å². The third-order valence-electron chi connectivity index (χ3n) is 4.58. The van der Waals surface area contributed by atoms with Crippen LogP contribution >= 0.6 is 11.5 Å². The van der Waals surface area contributed by atoms with Crippen LogP contribution in [-0.4, -0.2) is 32.2 Å². The fourth-order valence-electron chi connectivity index (χ4n) is 3.22. The molecule has 0 saturated heterocycles. The van der Waals surface area contributed by atoms with Crippen molar-refractivity contribution >= 4 is 29.0 Å². The molecule has 0 radical (unpaired) electrons. The monoisotopic (exact) mass is 401 g/mol. The Morgan fingerprint density at radius 1 is 1.00 bits per heavy atom. The Kier molecular flexibility index (Phi) is 4.45. The van der Waals surface area contributed by atoms with Gasteiger partial charge in [-0.25, -0.2) is 4.37 Å². The number of rotatable bonds is 4. The minimum atomic E-state index is -0.827. The number of fused-ring (bicyclic) bond motifs is 1. The summed E-state index contributed by atoms with van der Waals surface area (Å²) in [6.07, 6.45) is 1.11. The Labute approximate surface area is 170 Å². The van der Waals surface area contributed by atoms with Crippen LogP contribution in [0, 0.1) is 0 Å². The minimum Gasteiger partial charge on any atom is -0.402 e. The van der Waals surface area contributed by atoms with Crippen molar-refractivity contribution in [3.63, 3.8) is 0 Å². The summed E-state index contributed by atoms with van der Waals surface area (Å²) in [4.78, 5) is 18.4. The molecule has 1 atom stereocenters. The van der Waals surface area contributed by atoms with Crippen molar-refractivity contribution in [3.8, 4) is 10.8 Å². The predicted molar refractivity (Wildman–Crippen MR) is 110 cm³/mol. The highest BCUT2D eigenvalue weighted by atomic mass is 32.1. The molecule has 5 rings (SSSR count). The summed E-state index contributed by atoms with van der Waals surface area (Å²) in [5.74, 6) is 0.285. The van der Waals surface area contributed by atoms with Gasteiger partial charge in [0.15, 0.2) is 11.9 Å². The first-order valence-electron chi connectivity index (χ1n) is 9.03. The number of aliphatic imine (C=N–C) groups is 1. The third kappa shape index (κ3) is 3.45. The van der Waals surface area contributed by atoms with Gasteiger partial charge in [0.05, 0.1) is 5.71 Å². The van der Waals surface area contributed by atoms with E-state index in [0.29, 0.717) is 5.89 Å². The summed E-state index contributed by atoms with van der Waals surface area (Å²) < 4.78 is 9.69. The van der Waals surface area contributed by atoms with E-state index in [2.05, 4.69) is 19.9 Å². The topological polar surface area (TPSA) is 93.3 Å². The van der Waals surface area contributed by atoms with Crippen LogP contribution < -0.4 is 5.32 Å². The number of Topliss-reactive ketones (excluding diaryl/α,β-unsaturated/α-hetero) is 1. The number of ketones is 1. The van der Waals surface area contributed by atoms with E-state index in [-0.39, 0.29) is 18.2 Å². The highest BCUT2D eigenvalue weighted by Gasteiger charge is 2.27. The molecule has 0 fully saturated rings. The van der Waals surface area contributed by atoms with Gasteiger partial charge in [0.2, 0.25) is 0 Å². The molecule has 0 saturated carbocycles. The van der Waals surface area contributed by atoms with Gasteiger partial charge in [-0.3, -0.25) is 9.79 Å². The Hall–Kier alpha value is -3.65. The molecule has 0 aliphatic carbocycles. The first kappa shape index (κ1) is 17.4. The largest absolute Gasteiger partial charge is 0.402 e. The maximum absolute atomic E-state index is 12.9. The Morgan fingerprint density at radius 2 is 1.83 bits per heavy atom. The number of anilines is 1. The fourth-order valence-corrected chi connectivity index (χ4v) is 3.74. The van der Waals surface area contributed by atoms with Crippen LogP contribution in [0.25, 0.3) is 10.8 Å². The first-order valence-corrected chi connectivity index (χ1v) is 9.80. The van der Waals surface area contributed by atoms with Crippen LogP contribution in [0.2, 0.25) is 0 Å². The summed E-state index contributed by atoms with van der Waals surface area (Å²) in [6, 6.07) is 19.6. The molecule has 1 aliphatic rings. The average Bonchev–Trinajstić information content (AvgIpc) is 3.42. The van der Waals surface area contributed by atoms with Gasteiger partial charge in [0.25, 0.3) is 5.89 Å². The SMILES string of the molecule is O=C1Cc2ccccc2C(c2ccccc2)=NC1Nc1nnc(-c2ccns2)o1. The average molecular weight is 401 g/mol. The molecule has 3 heterocycles. The number of hydrogen-bond donors (Lipinski definition) is 1. The molecule has 1 unspecified atom stereocenters. The number of nitrogens with zero attached hydrogens (tertiary/aromatic N) is 4. The molecule has 1 N–H and O–H groups in total. The molecule has 2 aromatic carbocycles. The van der Waals surface area contributed by atoms with E-state index in [9.17, 15) is 4.79 Å². The van der Waals surface area contributed by atoms with Crippen molar-refractivity contribution in [2.24, 2.45) is 4.99 Å². The summed E-state index contributed by atoms with van der Waals surface area (Å²) in [5, 5.41) is 11.0. The van der Waals surface area contributed by atoms with Crippen molar-refractivity contribution in [1.29, 1.82) is 0 Å². The third-order valence-corrected chi connectivity index (χ3v) is 5.32. The zero-order valence-corrected chi connectivity index (χ0v) is 16.0. The molecule has 142 valence electrons. The van der Waals surface area contributed by atoms with Gasteiger partial charge in [-0.05, 0) is 23.2 Å². The summed E-state index contributed by atoms with van der Waals surface area (Å²) in [6.45, 7) is 0. The van der Waals surface area contributed by atoms with E-state index in [1.165, 1.54) is 11.5 Å². The molecule has 7 nitrogen and oxygen atoms in total. The second-order valence-electron chi connectivity index (χ2n) is 6.48. The molecule has 0 bridgehead atoms. The van der Waals surface area contributed by atoms with Gasteiger partial charge in [0, 0.05) is 23.7 Å². The minimum absolute atomic E-state index is 0.0686. The van der Waals surface area contributed by atoms with Gasteiger partial charge in [0.1, 0.15) is 4.88 Å². The summed E-state index contributed by atoms with van der Waals surface area (Å²) in [7, 11) is 0. The Balaban J connectivity index is 1.52. The van der Waals surface area contributed by atoms with E-state index < -0.39 is 6.17 Å². The number of nitrogens with one attached hydrogen (secondary N) is 1. The molecule has 29 heavy (non-hydrogen) atoms. The zero-order valence-electron chi connectivity index (χ0n) is 15.1. The van der Waals surface area contributed by atoms with Crippen LogP contribution in [0.3, 0.4) is 0 Å². The number of benzene rings is 2. The van der Waals surface area contributed by atoms with Gasteiger partial charge in [-0.1, -0.05) is 59.7 Å². The van der Waals surface area contributed by atoms with Gasteiger partial charge in [-0.2, -0.15) is 0 Å². The molecule has 0 spiro atoms. The van der Waals surface area contributed by atoms with E-state index >= 15 is 0 Å². The lowest BCUT2D eigenvalue weighted by Crippen LogP contribution is -2.29. The van der Waals surface area contributed by atoms with E-state index in [1.54, 1.807) is 12.3 Å². The van der Waals surface area contributed by atoms with Crippen LogP contribution in [-0.2, 0) is 11.2 Å². The number of aromatic nitrogens is 3. The van der Waals surface area contributed by atoms with Crippen molar-refractivity contribution in [1.82, 2.24) is 14.6 Å². The summed E-state index contributed by atoms with van der Waals surface area (Å²) >= 11 is 1.26.